The molecule has 0 saturated carbocycles. The van der Waals surface area contributed by atoms with E-state index in [2.05, 4.69) is 67.0 Å². The fourth-order valence-electron chi connectivity index (χ4n) is 3.65. The standard InChI is InChI=1S/C31H53O8P/c1-3-5-7-9-11-12-13-14-15-16-17-18-20-21-23-25-30(32)37-27-29(28-38-40(34,35)36)39-31(33)26-24-22-19-10-8-6-4-2/h5,7,11-12,14-15,17-18,29H,3-4,6,8-10,13,16,19-28H2,1-2H3,(H2,34,35,36)/b7-5+,12-11+,15-14+,18-17+/t29-/m1/s1. The van der Waals surface area contributed by atoms with Gasteiger partial charge in [-0.25, -0.2) is 4.57 Å². The Kier molecular flexibility index (Phi) is 25.8. The summed E-state index contributed by atoms with van der Waals surface area (Å²) in [7, 11) is -4.74. The normalized spacial score (nSPS) is 13.2. The highest BCUT2D eigenvalue weighted by molar-refractivity contribution is 7.46. The number of unbranched alkanes of at least 4 members (excludes halogenated alkanes) is 8. The fourth-order valence-corrected chi connectivity index (χ4v) is 4.02. The molecule has 0 heterocycles. The third-order valence-electron chi connectivity index (χ3n) is 5.86. The van der Waals surface area contributed by atoms with E-state index in [1.807, 2.05) is 0 Å². The van der Waals surface area contributed by atoms with Crippen LogP contribution >= 0.6 is 7.82 Å². The second kappa shape index (κ2) is 27.2. The molecule has 0 saturated heterocycles. The minimum atomic E-state index is -4.74. The van der Waals surface area contributed by atoms with Gasteiger partial charge in [-0.15, -0.1) is 0 Å². The maximum Gasteiger partial charge on any atom is 0.469 e. The quantitative estimate of drug-likeness (QED) is 0.0453. The molecule has 0 radical (unpaired) electrons. The third-order valence-corrected chi connectivity index (χ3v) is 6.35. The monoisotopic (exact) mass is 584 g/mol. The van der Waals surface area contributed by atoms with Crippen LogP contribution in [0.2, 0.25) is 0 Å². The van der Waals surface area contributed by atoms with Crippen molar-refractivity contribution in [2.45, 2.75) is 123 Å². The van der Waals surface area contributed by atoms with Gasteiger partial charge in [0.1, 0.15) is 6.61 Å². The zero-order chi connectivity index (χ0) is 29.7. The molecule has 0 aliphatic heterocycles. The van der Waals surface area contributed by atoms with Crippen molar-refractivity contribution in [1.29, 1.82) is 0 Å². The highest BCUT2D eigenvalue weighted by Gasteiger charge is 2.22. The predicted molar refractivity (Wildman–Crippen MR) is 161 cm³/mol. The predicted octanol–water partition coefficient (Wildman–Crippen LogP) is 8.06. The first-order valence-electron chi connectivity index (χ1n) is 14.9. The number of carbonyl (C=O) groups is 2. The van der Waals surface area contributed by atoms with Crippen LogP contribution in [-0.4, -0.2) is 41.0 Å². The number of hydrogen-bond acceptors (Lipinski definition) is 6. The summed E-state index contributed by atoms with van der Waals surface area (Å²) in [5.41, 5.74) is 0. The molecule has 0 aromatic rings. The van der Waals surface area contributed by atoms with Gasteiger partial charge in [0, 0.05) is 12.8 Å². The average molecular weight is 585 g/mol. The van der Waals surface area contributed by atoms with Crippen molar-refractivity contribution in [3.63, 3.8) is 0 Å². The summed E-state index contributed by atoms with van der Waals surface area (Å²) in [6, 6.07) is 0. The van der Waals surface area contributed by atoms with Gasteiger partial charge in [-0.3, -0.25) is 14.1 Å². The molecule has 40 heavy (non-hydrogen) atoms. The molecule has 230 valence electrons. The minimum absolute atomic E-state index is 0.200. The number of ether oxygens (including phenoxy) is 2. The Bertz CT molecular complexity index is 797. The van der Waals surface area contributed by atoms with Crippen molar-refractivity contribution in [2.24, 2.45) is 0 Å². The van der Waals surface area contributed by atoms with Crippen LogP contribution in [0.25, 0.3) is 0 Å². The van der Waals surface area contributed by atoms with Crippen LogP contribution in [0, 0.1) is 0 Å². The van der Waals surface area contributed by atoms with Crippen molar-refractivity contribution in [3.8, 4) is 0 Å². The molecule has 0 amide bonds. The van der Waals surface area contributed by atoms with E-state index in [9.17, 15) is 14.2 Å². The Morgan fingerprint density at radius 2 is 1.20 bits per heavy atom. The molecule has 0 aliphatic rings. The Morgan fingerprint density at radius 3 is 1.80 bits per heavy atom. The van der Waals surface area contributed by atoms with Gasteiger partial charge < -0.3 is 19.3 Å². The van der Waals surface area contributed by atoms with Crippen LogP contribution in [0.3, 0.4) is 0 Å². The lowest BCUT2D eigenvalue weighted by molar-refractivity contribution is -0.161. The van der Waals surface area contributed by atoms with Crippen LogP contribution < -0.4 is 0 Å². The molecule has 8 nitrogen and oxygen atoms in total. The first kappa shape index (κ1) is 38.0. The number of phosphoric acid groups is 1. The zero-order valence-corrected chi connectivity index (χ0v) is 25.6. The molecule has 2 N–H and O–H groups in total. The van der Waals surface area contributed by atoms with Gasteiger partial charge in [0.15, 0.2) is 6.10 Å². The first-order valence-corrected chi connectivity index (χ1v) is 16.5. The summed E-state index contributed by atoms with van der Waals surface area (Å²) < 4.78 is 26.0. The van der Waals surface area contributed by atoms with Crippen molar-refractivity contribution in [3.05, 3.63) is 48.6 Å². The van der Waals surface area contributed by atoms with E-state index in [0.29, 0.717) is 12.8 Å². The number of rotatable bonds is 26. The molecule has 9 heteroatoms. The van der Waals surface area contributed by atoms with Gasteiger partial charge in [0.05, 0.1) is 6.61 Å². The lowest BCUT2D eigenvalue weighted by Gasteiger charge is -2.18. The van der Waals surface area contributed by atoms with Crippen LogP contribution in [-0.2, 0) is 28.2 Å². The molecule has 0 unspecified atom stereocenters. The molecule has 0 spiro atoms. The van der Waals surface area contributed by atoms with Crippen LogP contribution in [0.15, 0.2) is 48.6 Å². The lowest BCUT2D eigenvalue weighted by atomic mass is 10.1. The van der Waals surface area contributed by atoms with E-state index >= 15 is 0 Å². The Morgan fingerprint density at radius 1 is 0.675 bits per heavy atom. The number of allylic oxidation sites excluding steroid dienone is 8. The maximum absolute atomic E-state index is 12.2. The molecular formula is C31H53O8P. The number of esters is 2. The van der Waals surface area contributed by atoms with Gasteiger partial charge in [0.25, 0.3) is 0 Å². The van der Waals surface area contributed by atoms with Gasteiger partial charge in [0.2, 0.25) is 0 Å². The van der Waals surface area contributed by atoms with Crippen molar-refractivity contribution in [2.75, 3.05) is 13.2 Å². The van der Waals surface area contributed by atoms with Crippen LogP contribution in [0.1, 0.15) is 117 Å². The maximum atomic E-state index is 12.2. The second-order valence-electron chi connectivity index (χ2n) is 9.70. The van der Waals surface area contributed by atoms with Crippen molar-refractivity contribution < 1.29 is 37.9 Å². The zero-order valence-electron chi connectivity index (χ0n) is 24.7. The Labute approximate surface area is 242 Å². The summed E-state index contributed by atoms with van der Waals surface area (Å²) >= 11 is 0. The second-order valence-corrected chi connectivity index (χ2v) is 10.9. The average Bonchev–Trinajstić information content (AvgIpc) is 2.91. The van der Waals surface area contributed by atoms with E-state index in [4.69, 9.17) is 19.3 Å². The fraction of sp³-hybridized carbons (Fsp3) is 0.677. The number of hydrogen-bond donors (Lipinski definition) is 2. The molecule has 1 atom stereocenters. The van der Waals surface area contributed by atoms with Gasteiger partial charge in [-0.2, -0.15) is 0 Å². The largest absolute Gasteiger partial charge is 0.469 e. The molecule has 0 bridgehead atoms. The number of carbonyl (C=O) groups excluding carboxylic acids is 2. The highest BCUT2D eigenvalue weighted by atomic mass is 31.2. The summed E-state index contributed by atoms with van der Waals surface area (Å²) in [6.45, 7) is 3.43. The van der Waals surface area contributed by atoms with E-state index < -0.39 is 32.5 Å². The first-order chi connectivity index (χ1) is 19.3. The smallest absolute Gasteiger partial charge is 0.462 e. The number of phosphoric ester groups is 1. The molecule has 0 aliphatic carbocycles. The van der Waals surface area contributed by atoms with Gasteiger partial charge in [-0.1, -0.05) is 101 Å². The summed E-state index contributed by atoms with van der Waals surface area (Å²) in [4.78, 5) is 42.2. The summed E-state index contributed by atoms with van der Waals surface area (Å²) in [5.74, 6) is -0.948. The van der Waals surface area contributed by atoms with Crippen LogP contribution in [0.4, 0.5) is 0 Å². The summed E-state index contributed by atoms with van der Waals surface area (Å²) in [6.07, 6.45) is 30.1. The van der Waals surface area contributed by atoms with Gasteiger partial charge >= 0.3 is 19.8 Å². The molecular weight excluding hydrogens is 531 g/mol. The Balaban J connectivity index is 4.13. The molecule has 0 aromatic carbocycles. The van der Waals surface area contributed by atoms with Crippen molar-refractivity contribution >= 4 is 19.8 Å². The van der Waals surface area contributed by atoms with Crippen LogP contribution in [0.5, 0.6) is 0 Å². The van der Waals surface area contributed by atoms with Gasteiger partial charge in [-0.05, 0) is 51.4 Å². The van der Waals surface area contributed by atoms with E-state index in [0.717, 1.165) is 57.8 Å². The van der Waals surface area contributed by atoms with E-state index in [1.165, 1.54) is 19.3 Å². The highest BCUT2D eigenvalue weighted by Crippen LogP contribution is 2.35. The SMILES string of the molecule is CC/C=C/C/C=C/C/C=C/C/C=C/CCCCC(=O)OC[C@H](COP(=O)(O)O)OC(=O)CCCCCCCCC. The summed E-state index contributed by atoms with van der Waals surface area (Å²) in [5, 5.41) is 0. The van der Waals surface area contributed by atoms with E-state index in [-0.39, 0.29) is 19.4 Å². The molecule has 0 rings (SSSR count). The molecule has 0 fully saturated rings. The molecule has 0 aromatic heterocycles. The third kappa shape index (κ3) is 29.0. The van der Waals surface area contributed by atoms with Crippen molar-refractivity contribution in [1.82, 2.24) is 0 Å². The van der Waals surface area contributed by atoms with E-state index in [1.54, 1.807) is 0 Å². The minimum Gasteiger partial charge on any atom is -0.462 e. The topological polar surface area (TPSA) is 119 Å². The Hall–Kier alpha value is -1.99. The lowest BCUT2D eigenvalue weighted by Crippen LogP contribution is -2.29.